The van der Waals surface area contributed by atoms with E-state index in [0.29, 0.717) is 17.8 Å². The van der Waals surface area contributed by atoms with Crippen molar-refractivity contribution in [2.75, 3.05) is 42.9 Å². The molecule has 1 aliphatic carbocycles. The molecule has 0 atom stereocenters. The van der Waals surface area contributed by atoms with Crippen LogP contribution in [-0.4, -0.2) is 47.6 Å². The molecule has 6 nitrogen and oxygen atoms in total. The molecule has 0 saturated carbocycles. The van der Waals surface area contributed by atoms with Crippen molar-refractivity contribution in [2.45, 2.75) is 20.3 Å². The number of benzene rings is 2. The van der Waals surface area contributed by atoms with E-state index in [1.165, 1.54) is 12.0 Å². The van der Waals surface area contributed by atoms with E-state index >= 15 is 0 Å². The fourth-order valence-electron chi connectivity index (χ4n) is 4.44. The topological polar surface area (TPSA) is 53.5 Å². The van der Waals surface area contributed by atoms with E-state index in [1.54, 1.807) is 12.1 Å². The third kappa shape index (κ3) is 4.59. The zero-order valence-electron chi connectivity index (χ0n) is 19.3. The Morgan fingerprint density at radius 3 is 2.53 bits per heavy atom. The smallest absolute Gasteiger partial charge is 0.224 e. The van der Waals surface area contributed by atoms with Crippen molar-refractivity contribution < 1.29 is 13.5 Å². The first-order chi connectivity index (χ1) is 16.5. The maximum atomic E-state index is 14.9. The molecule has 1 aromatic heterocycles. The molecule has 0 radical (unpaired) electrons. The van der Waals surface area contributed by atoms with Crippen molar-refractivity contribution in [2.24, 2.45) is 0 Å². The number of piperazine rings is 1. The van der Waals surface area contributed by atoms with Crippen LogP contribution >= 0.6 is 0 Å². The molecule has 1 aliphatic heterocycles. The van der Waals surface area contributed by atoms with Crippen LogP contribution in [0.2, 0.25) is 0 Å². The highest BCUT2D eigenvalue weighted by molar-refractivity contribution is 5.66. The average molecular weight is 464 g/mol. The zero-order valence-corrected chi connectivity index (χ0v) is 19.3. The van der Waals surface area contributed by atoms with Gasteiger partial charge in [-0.2, -0.15) is 0 Å². The van der Waals surface area contributed by atoms with Gasteiger partial charge in [-0.15, -0.1) is 0 Å². The van der Waals surface area contributed by atoms with Crippen LogP contribution in [0.1, 0.15) is 25.0 Å². The van der Waals surface area contributed by atoms with Gasteiger partial charge in [-0.05, 0) is 44.2 Å². The second-order valence-corrected chi connectivity index (χ2v) is 8.67. The van der Waals surface area contributed by atoms with Crippen molar-refractivity contribution in [1.82, 2.24) is 14.9 Å². The summed E-state index contributed by atoms with van der Waals surface area (Å²) in [6.45, 7) is 9.31. The number of nitrogens with one attached hydrogen (secondary N) is 1. The molecule has 3 aromatic rings. The zero-order chi connectivity index (χ0) is 23.7. The Balaban J connectivity index is 1.27. The number of hydrogen-bond acceptors (Lipinski definition) is 6. The number of rotatable bonds is 6. The highest BCUT2D eigenvalue weighted by atomic mass is 19.1. The quantitative estimate of drug-likeness (QED) is 0.529. The van der Waals surface area contributed by atoms with Crippen LogP contribution in [-0.2, 0) is 6.42 Å². The molecule has 2 heterocycles. The first-order valence-corrected chi connectivity index (χ1v) is 11.5. The molecule has 0 amide bonds. The maximum absolute atomic E-state index is 14.9. The molecule has 1 fully saturated rings. The van der Waals surface area contributed by atoms with Gasteiger partial charge in [0.05, 0.1) is 0 Å². The molecule has 0 unspecified atom stereocenters. The Bertz CT molecular complexity index is 1220. The average Bonchev–Trinajstić information content (AvgIpc) is 3.26. The Labute approximate surface area is 197 Å². The Morgan fingerprint density at radius 2 is 1.79 bits per heavy atom. The van der Waals surface area contributed by atoms with Crippen molar-refractivity contribution in [1.29, 1.82) is 0 Å². The number of allylic oxidation sites excluding steroid dienone is 1. The molecule has 2 aromatic carbocycles. The molecule has 0 bridgehead atoms. The number of hydrogen-bond donors (Lipinski definition) is 1. The van der Waals surface area contributed by atoms with Crippen LogP contribution < -0.4 is 15.0 Å². The molecule has 1 N–H and O–H groups in total. The van der Waals surface area contributed by atoms with Gasteiger partial charge in [0.25, 0.3) is 0 Å². The normalized spacial score (nSPS) is 15.8. The molecule has 5 rings (SSSR count). The minimum absolute atomic E-state index is 0.125. The van der Waals surface area contributed by atoms with Gasteiger partial charge in [-0.1, -0.05) is 18.6 Å². The molecule has 1 saturated heterocycles. The summed E-state index contributed by atoms with van der Waals surface area (Å²) in [5.41, 5.74) is 3.56. The molecule has 8 heteroatoms. The molecular weight excluding hydrogens is 436 g/mol. The Kier molecular flexibility index (Phi) is 6.15. The second kappa shape index (κ2) is 9.38. The molecular formula is C26H27F2N5O. The Hall–Kier alpha value is -3.52. The van der Waals surface area contributed by atoms with E-state index in [-0.39, 0.29) is 17.2 Å². The third-order valence-electron chi connectivity index (χ3n) is 6.35. The van der Waals surface area contributed by atoms with Gasteiger partial charge in [-0.25, -0.2) is 18.7 Å². The van der Waals surface area contributed by atoms with Crippen molar-refractivity contribution in [3.8, 4) is 11.6 Å². The van der Waals surface area contributed by atoms with Crippen LogP contribution in [0.15, 0.2) is 48.3 Å². The van der Waals surface area contributed by atoms with Crippen molar-refractivity contribution >= 4 is 23.3 Å². The summed E-state index contributed by atoms with van der Waals surface area (Å²) in [5, 5.41) is 3.21. The van der Waals surface area contributed by atoms with Crippen LogP contribution in [0.3, 0.4) is 0 Å². The van der Waals surface area contributed by atoms with Gasteiger partial charge in [0.2, 0.25) is 5.88 Å². The minimum atomic E-state index is -0.586. The number of aromatic nitrogens is 2. The first-order valence-electron chi connectivity index (χ1n) is 11.5. The lowest BCUT2D eigenvalue weighted by Gasteiger charge is -2.35. The van der Waals surface area contributed by atoms with Gasteiger partial charge in [0.15, 0.2) is 11.6 Å². The lowest BCUT2D eigenvalue weighted by atomic mass is 10.1. The van der Waals surface area contributed by atoms with Crippen molar-refractivity contribution in [3.05, 3.63) is 71.1 Å². The lowest BCUT2D eigenvalue weighted by molar-refractivity contribution is 0.271. The molecule has 2 aliphatic rings. The summed E-state index contributed by atoms with van der Waals surface area (Å²) in [6, 6.07) is 10.8. The maximum Gasteiger partial charge on any atom is 0.224 e. The highest BCUT2D eigenvalue weighted by Gasteiger charge is 2.23. The van der Waals surface area contributed by atoms with E-state index < -0.39 is 11.6 Å². The number of halogens is 2. The molecule has 34 heavy (non-hydrogen) atoms. The van der Waals surface area contributed by atoms with E-state index in [0.717, 1.165) is 50.1 Å². The Morgan fingerprint density at radius 1 is 1.03 bits per heavy atom. The van der Waals surface area contributed by atoms with Crippen molar-refractivity contribution in [3.63, 3.8) is 0 Å². The minimum Gasteiger partial charge on any atom is -0.436 e. The van der Waals surface area contributed by atoms with Gasteiger partial charge in [0, 0.05) is 60.8 Å². The van der Waals surface area contributed by atoms with Gasteiger partial charge >= 0.3 is 0 Å². The first kappa shape index (κ1) is 22.3. The summed E-state index contributed by atoms with van der Waals surface area (Å²) < 4.78 is 34.9. The number of likely N-dealkylation sites (N-methyl/N-ethyl adjacent to an activating group) is 1. The predicted molar refractivity (Wildman–Crippen MR) is 130 cm³/mol. The molecule has 176 valence electrons. The van der Waals surface area contributed by atoms with Gasteiger partial charge < -0.3 is 19.9 Å². The van der Waals surface area contributed by atoms with Crippen LogP contribution in [0, 0.1) is 11.6 Å². The SMILES string of the molecule is CCN1CCN(c2ccc(Nc3cc(Oc4cc(F)c5c(c4F)C=C(C)C5)ncn3)cc2)CC1. The van der Waals surface area contributed by atoms with E-state index in [2.05, 4.69) is 44.1 Å². The number of ether oxygens (including phenoxy) is 1. The van der Waals surface area contributed by atoms with Crippen LogP contribution in [0.25, 0.3) is 6.08 Å². The van der Waals surface area contributed by atoms with E-state index in [1.807, 2.05) is 19.1 Å². The van der Waals surface area contributed by atoms with Gasteiger partial charge in [0.1, 0.15) is 18.0 Å². The fourth-order valence-corrected chi connectivity index (χ4v) is 4.44. The highest BCUT2D eigenvalue weighted by Crippen LogP contribution is 2.36. The second-order valence-electron chi connectivity index (χ2n) is 8.67. The van der Waals surface area contributed by atoms with Crippen LogP contribution in [0.5, 0.6) is 11.6 Å². The summed E-state index contributed by atoms with van der Waals surface area (Å²) in [5.74, 6) is -0.647. The van der Waals surface area contributed by atoms with Crippen LogP contribution in [0.4, 0.5) is 26.0 Å². The monoisotopic (exact) mass is 463 g/mol. The fraction of sp³-hybridized carbons (Fsp3) is 0.308. The van der Waals surface area contributed by atoms with E-state index in [4.69, 9.17) is 4.74 Å². The van der Waals surface area contributed by atoms with E-state index in [9.17, 15) is 8.78 Å². The summed E-state index contributed by atoms with van der Waals surface area (Å²) >= 11 is 0. The number of nitrogens with zero attached hydrogens (tertiary/aromatic N) is 4. The lowest BCUT2D eigenvalue weighted by Crippen LogP contribution is -2.46. The molecule has 0 spiro atoms. The standard InChI is InChI=1S/C26H27F2N5O/c1-3-32-8-10-33(11-9-32)19-6-4-18(5-7-19)31-24-15-25(30-16-29-24)34-23-14-22(27)20-12-17(2)13-21(20)26(23)28/h4-7,13-16H,3,8-12H2,1-2H3,(H,29,30,31). The number of fused-ring (bicyclic) bond motifs is 1. The summed E-state index contributed by atoms with van der Waals surface area (Å²) in [7, 11) is 0. The third-order valence-corrected chi connectivity index (χ3v) is 6.35. The van der Waals surface area contributed by atoms with Gasteiger partial charge in [-0.3, -0.25) is 0 Å². The largest absolute Gasteiger partial charge is 0.436 e. The predicted octanol–water partition coefficient (Wildman–Crippen LogP) is 5.39. The summed E-state index contributed by atoms with van der Waals surface area (Å²) in [4.78, 5) is 13.1. The number of anilines is 3. The summed E-state index contributed by atoms with van der Waals surface area (Å²) in [6.07, 6.45) is 3.39.